The summed E-state index contributed by atoms with van der Waals surface area (Å²) in [6.45, 7) is 2.68. The molecule has 0 saturated heterocycles. The summed E-state index contributed by atoms with van der Waals surface area (Å²) in [5.74, 6) is 1.44. The van der Waals surface area contributed by atoms with Crippen LogP contribution in [0.5, 0.6) is 0 Å². The predicted octanol–water partition coefficient (Wildman–Crippen LogP) is 1.73. The van der Waals surface area contributed by atoms with Gasteiger partial charge in [-0.15, -0.1) is 0 Å². The molecule has 0 atom stereocenters. The Morgan fingerprint density at radius 2 is 2.13 bits per heavy atom. The zero-order chi connectivity index (χ0) is 10.8. The summed E-state index contributed by atoms with van der Waals surface area (Å²) in [5, 5.41) is 17.8. The first-order valence-corrected chi connectivity index (χ1v) is 5.13. The Morgan fingerprint density at radius 1 is 1.40 bits per heavy atom. The molecule has 1 aliphatic carbocycles. The van der Waals surface area contributed by atoms with Gasteiger partial charge >= 0.3 is 0 Å². The molecule has 4 nitrogen and oxygen atoms in total. The van der Waals surface area contributed by atoms with Gasteiger partial charge in [0.25, 0.3) is 0 Å². The topological polar surface area (TPSA) is 65.4 Å². The number of nitriles is 2. The standard InChI is InChI=1S/C11H12N4/c1-8-14-10(5-12)11(6-13)15(8)7-9-3-2-4-9/h9H,2-4,7H2,1H3. The average molecular weight is 200 g/mol. The minimum Gasteiger partial charge on any atom is -0.319 e. The molecule has 0 radical (unpaired) electrons. The highest BCUT2D eigenvalue weighted by Crippen LogP contribution is 2.29. The van der Waals surface area contributed by atoms with Crippen LogP contribution in [-0.4, -0.2) is 9.55 Å². The maximum absolute atomic E-state index is 8.99. The van der Waals surface area contributed by atoms with Crippen molar-refractivity contribution in [1.29, 1.82) is 10.5 Å². The molecular weight excluding hydrogens is 188 g/mol. The van der Waals surface area contributed by atoms with Crippen molar-refractivity contribution in [2.45, 2.75) is 32.7 Å². The lowest BCUT2D eigenvalue weighted by Crippen LogP contribution is -2.19. The molecule has 1 aromatic rings. The second kappa shape index (κ2) is 3.74. The highest BCUT2D eigenvalue weighted by atomic mass is 15.1. The van der Waals surface area contributed by atoms with Gasteiger partial charge in [0.1, 0.15) is 18.0 Å². The van der Waals surface area contributed by atoms with Crippen molar-refractivity contribution in [2.75, 3.05) is 0 Å². The summed E-state index contributed by atoms with van der Waals surface area (Å²) < 4.78 is 1.88. The zero-order valence-electron chi connectivity index (χ0n) is 8.69. The molecule has 1 heterocycles. The molecule has 0 N–H and O–H groups in total. The molecule has 1 fully saturated rings. The van der Waals surface area contributed by atoms with Gasteiger partial charge in [-0.1, -0.05) is 6.42 Å². The van der Waals surface area contributed by atoms with Crippen molar-refractivity contribution in [3.8, 4) is 12.1 Å². The van der Waals surface area contributed by atoms with Crippen molar-refractivity contribution in [2.24, 2.45) is 5.92 Å². The van der Waals surface area contributed by atoms with Crippen molar-refractivity contribution in [3.05, 3.63) is 17.2 Å². The monoisotopic (exact) mass is 200 g/mol. The summed E-state index contributed by atoms with van der Waals surface area (Å²) in [5.41, 5.74) is 0.677. The molecule has 0 amide bonds. The zero-order valence-corrected chi connectivity index (χ0v) is 8.69. The molecule has 2 rings (SSSR count). The smallest absolute Gasteiger partial charge is 0.177 e. The quantitative estimate of drug-likeness (QED) is 0.730. The van der Waals surface area contributed by atoms with E-state index in [2.05, 4.69) is 11.1 Å². The molecule has 0 bridgehead atoms. The van der Waals surface area contributed by atoms with E-state index in [1.807, 2.05) is 17.6 Å². The lowest BCUT2D eigenvalue weighted by atomic mass is 9.85. The third-order valence-electron chi connectivity index (χ3n) is 3.04. The number of nitrogens with zero attached hydrogens (tertiary/aromatic N) is 4. The molecule has 0 unspecified atom stereocenters. The van der Waals surface area contributed by atoms with Gasteiger partial charge in [0.15, 0.2) is 11.4 Å². The first-order valence-electron chi connectivity index (χ1n) is 5.13. The van der Waals surface area contributed by atoms with Crippen LogP contribution in [0.2, 0.25) is 0 Å². The third-order valence-corrected chi connectivity index (χ3v) is 3.04. The summed E-state index contributed by atoms with van der Waals surface area (Å²) in [6, 6.07) is 4.03. The van der Waals surface area contributed by atoms with Crippen molar-refractivity contribution in [3.63, 3.8) is 0 Å². The molecule has 1 aromatic heterocycles. The summed E-state index contributed by atoms with van der Waals surface area (Å²) >= 11 is 0. The number of hydrogen-bond acceptors (Lipinski definition) is 3. The fraction of sp³-hybridized carbons (Fsp3) is 0.545. The largest absolute Gasteiger partial charge is 0.319 e. The molecule has 0 aliphatic heterocycles. The summed E-state index contributed by atoms with van der Waals surface area (Å²) in [7, 11) is 0. The van der Waals surface area contributed by atoms with Crippen LogP contribution in [0.25, 0.3) is 0 Å². The van der Waals surface area contributed by atoms with Crippen LogP contribution >= 0.6 is 0 Å². The van der Waals surface area contributed by atoms with Gasteiger partial charge in [-0.05, 0) is 25.7 Å². The highest BCUT2D eigenvalue weighted by Gasteiger charge is 2.22. The van der Waals surface area contributed by atoms with Gasteiger partial charge in [-0.25, -0.2) is 4.98 Å². The predicted molar refractivity (Wildman–Crippen MR) is 53.7 cm³/mol. The number of imidazole rings is 1. The molecule has 1 saturated carbocycles. The molecule has 0 aromatic carbocycles. The lowest BCUT2D eigenvalue weighted by Gasteiger charge is -2.26. The van der Waals surface area contributed by atoms with Crippen LogP contribution in [-0.2, 0) is 6.54 Å². The van der Waals surface area contributed by atoms with Gasteiger partial charge in [0, 0.05) is 6.54 Å². The number of aryl methyl sites for hydroxylation is 1. The molecule has 1 aliphatic rings. The first kappa shape index (κ1) is 9.73. The van der Waals surface area contributed by atoms with E-state index < -0.39 is 0 Å². The second-order valence-electron chi connectivity index (χ2n) is 3.99. The third kappa shape index (κ3) is 1.59. The Hall–Kier alpha value is -1.81. The lowest BCUT2D eigenvalue weighted by molar-refractivity contribution is 0.274. The van der Waals surface area contributed by atoms with E-state index in [9.17, 15) is 0 Å². The van der Waals surface area contributed by atoms with Gasteiger partial charge in [-0.2, -0.15) is 10.5 Å². The Kier molecular flexibility index (Phi) is 2.43. The first-order chi connectivity index (χ1) is 7.26. The van der Waals surface area contributed by atoms with Crippen LogP contribution < -0.4 is 0 Å². The number of rotatable bonds is 2. The van der Waals surface area contributed by atoms with E-state index in [0.29, 0.717) is 11.6 Å². The van der Waals surface area contributed by atoms with E-state index in [1.54, 1.807) is 0 Å². The summed E-state index contributed by atoms with van der Waals surface area (Å²) in [4.78, 5) is 4.09. The van der Waals surface area contributed by atoms with Crippen molar-refractivity contribution >= 4 is 0 Å². The molecule has 76 valence electrons. The van der Waals surface area contributed by atoms with E-state index in [4.69, 9.17) is 10.5 Å². The normalized spacial score (nSPS) is 15.4. The van der Waals surface area contributed by atoms with Crippen LogP contribution in [0.4, 0.5) is 0 Å². The van der Waals surface area contributed by atoms with E-state index in [-0.39, 0.29) is 5.69 Å². The minimum atomic E-state index is 0.259. The minimum absolute atomic E-state index is 0.259. The van der Waals surface area contributed by atoms with Crippen molar-refractivity contribution < 1.29 is 0 Å². The molecular formula is C11H12N4. The molecule has 15 heavy (non-hydrogen) atoms. The maximum atomic E-state index is 8.99. The average Bonchev–Trinajstić information content (AvgIpc) is 2.48. The number of hydrogen-bond donors (Lipinski definition) is 0. The van der Waals surface area contributed by atoms with Gasteiger partial charge in [0.05, 0.1) is 0 Å². The van der Waals surface area contributed by atoms with E-state index in [1.165, 1.54) is 19.3 Å². The van der Waals surface area contributed by atoms with Crippen LogP contribution in [0.1, 0.15) is 36.5 Å². The van der Waals surface area contributed by atoms with Crippen LogP contribution in [0.3, 0.4) is 0 Å². The summed E-state index contributed by atoms with van der Waals surface area (Å²) in [6.07, 6.45) is 3.74. The van der Waals surface area contributed by atoms with E-state index >= 15 is 0 Å². The number of aromatic nitrogens is 2. The Balaban J connectivity index is 2.33. The Bertz CT molecular complexity index is 454. The van der Waals surface area contributed by atoms with Gasteiger partial charge in [-0.3, -0.25) is 0 Å². The Morgan fingerprint density at radius 3 is 2.60 bits per heavy atom. The fourth-order valence-electron chi connectivity index (χ4n) is 1.91. The highest BCUT2D eigenvalue weighted by molar-refractivity contribution is 5.37. The van der Waals surface area contributed by atoms with Crippen LogP contribution in [0, 0.1) is 35.5 Å². The SMILES string of the molecule is Cc1nc(C#N)c(C#N)n1CC1CCC1. The fourth-order valence-corrected chi connectivity index (χ4v) is 1.91. The maximum Gasteiger partial charge on any atom is 0.177 e. The van der Waals surface area contributed by atoms with Crippen LogP contribution in [0.15, 0.2) is 0 Å². The van der Waals surface area contributed by atoms with Gasteiger partial charge < -0.3 is 4.57 Å². The Labute approximate surface area is 88.8 Å². The van der Waals surface area contributed by atoms with E-state index in [0.717, 1.165) is 12.4 Å². The molecule has 0 spiro atoms. The van der Waals surface area contributed by atoms with Gasteiger partial charge in [0.2, 0.25) is 0 Å². The second-order valence-corrected chi connectivity index (χ2v) is 3.99. The molecule has 4 heteroatoms. The van der Waals surface area contributed by atoms with Crippen molar-refractivity contribution in [1.82, 2.24) is 9.55 Å².